The van der Waals surface area contributed by atoms with E-state index in [0.29, 0.717) is 13.2 Å². The topological polar surface area (TPSA) is 89.2 Å². The summed E-state index contributed by atoms with van der Waals surface area (Å²) in [6.07, 6.45) is 3.36. The van der Waals surface area contributed by atoms with Crippen LogP contribution in [0, 0.1) is 11.8 Å². The minimum atomic E-state index is 0.239. The standard InChI is InChI=1S/C22H22N6O/c1-24-19-6-4-16(5-7-19)2-3-17-12-20(18-14-25-22(23)26-15-18)27-21(13-17)28-8-10-29-11-9-28/h4-7,12-15,24H,8-11H2,1H3,(H2,23,25,26). The highest BCUT2D eigenvalue weighted by Crippen LogP contribution is 2.23. The van der Waals surface area contributed by atoms with Crippen molar-refractivity contribution in [3.05, 3.63) is 59.9 Å². The third kappa shape index (κ3) is 4.62. The van der Waals surface area contributed by atoms with Crippen molar-refractivity contribution in [1.29, 1.82) is 0 Å². The maximum absolute atomic E-state index is 5.62. The van der Waals surface area contributed by atoms with Crippen molar-refractivity contribution in [3.63, 3.8) is 0 Å². The molecule has 146 valence electrons. The first kappa shape index (κ1) is 18.7. The number of morpholine rings is 1. The van der Waals surface area contributed by atoms with Crippen molar-refractivity contribution in [2.45, 2.75) is 0 Å². The Kier molecular flexibility index (Phi) is 5.54. The van der Waals surface area contributed by atoms with Gasteiger partial charge in [0.1, 0.15) is 5.82 Å². The highest BCUT2D eigenvalue weighted by Gasteiger charge is 2.15. The summed E-state index contributed by atoms with van der Waals surface area (Å²) in [6.45, 7) is 2.98. The maximum Gasteiger partial charge on any atom is 0.219 e. The lowest BCUT2D eigenvalue weighted by atomic mass is 10.1. The predicted molar refractivity (Wildman–Crippen MR) is 115 cm³/mol. The van der Waals surface area contributed by atoms with E-state index in [-0.39, 0.29) is 5.95 Å². The number of aromatic nitrogens is 3. The lowest BCUT2D eigenvalue weighted by molar-refractivity contribution is 0.122. The molecule has 1 aliphatic heterocycles. The molecule has 1 saturated heterocycles. The highest BCUT2D eigenvalue weighted by molar-refractivity contribution is 5.64. The van der Waals surface area contributed by atoms with Crippen molar-refractivity contribution in [3.8, 4) is 23.1 Å². The molecule has 4 rings (SSSR count). The zero-order chi connectivity index (χ0) is 20.1. The van der Waals surface area contributed by atoms with Crippen molar-refractivity contribution in [2.24, 2.45) is 0 Å². The molecule has 3 N–H and O–H groups in total. The first-order valence-corrected chi connectivity index (χ1v) is 9.44. The summed E-state index contributed by atoms with van der Waals surface area (Å²) in [7, 11) is 1.90. The van der Waals surface area contributed by atoms with Crippen LogP contribution >= 0.6 is 0 Å². The molecule has 0 unspecified atom stereocenters. The minimum absolute atomic E-state index is 0.239. The third-order valence-electron chi connectivity index (χ3n) is 4.64. The molecular formula is C22H22N6O. The zero-order valence-corrected chi connectivity index (χ0v) is 16.2. The largest absolute Gasteiger partial charge is 0.388 e. The van der Waals surface area contributed by atoms with Gasteiger partial charge in [0.15, 0.2) is 0 Å². The van der Waals surface area contributed by atoms with E-state index in [1.807, 2.05) is 43.4 Å². The molecule has 3 heterocycles. The number of nitrogens with zero attached hydrogens (tertiary/aromatic N) is 4. The van der Waals surface area contributed by atoms with Gasteiger partial charge in [-0.25, -0.2) is 15.0 Å². The van der Waals surface area contributed by atoms with Crippen LogP contribution in [0.3, 0.4) is 0 Å². The summed E-state index contributed by atoms with van der Waals surface area (Å²) in [5.41, 5.74) is 10.1. The lowest BCUT2D eigenvalue weighted by Crippen LogP contribution is -2.36. The van der Waals surface area contributed by atoms with Gasteiger partial charge in [-0.15, -0.1) is 0 Å². The fourth-order valence-corrected chi connectivity index (χ4v) is 3.03. The van der Waals surface area contributed by atoms with Crippen LogP contribution in [0.5, 0.6) is 0 Å². The van der Waals surface area contributed by atoms with E-state index in [2.05, 4.69) is 32.0 Å². The molecule has 0 spiro atoms. The number of benzene rings is 1. The molecule has 0 bridgehead atoms. The number of ether oxygens (including phenoxy) is 1. The van der Waals surface area contributed by atoms with E-state index < -0.39 is 0 Å². The summed E-state index contributed by atoms with van der Waals surface area (Å²) in [6, 6.07) is 12.0. The quantitative estimate of drug-likeness (QED) is 0.668. The van der Waals surface area contributed by atoms with E-state index in [1.165, 1.54) is 0 Å². The van der Waals surface area contributed by atoms with E-state index in [0.717, 1.165) is 47.0 Å². The first-order valence-electron chi connectivity index (χ1n) is 9.44. The monoisotopic (exact) mass is 386 g/mol. The molecule has 29 heavy (non-hydrogen) atoms. The molecule has 0 amide bonds. The fourth-order valence-electron chi connectivity index (χ4n) is 3.03. The van der Waals surface area contributed by atoms with Crippen molar-refractivity contribution < 1.29 is 4.74 Å². The van der Waals surface area contributed by atoms with Gasteiger partial charge in [-0.3, -0.25) is 0 Å². The van der Waals surface area contributed by atoms with E-state index >= 15 is 0 Å². The number of hydrogen-bond acceptors (Lipinski definition) is 7. The Morgan fingerprint density at radius 2 is 1.69 bits per heavy atom. The molecule has 0 aliphatic carbocycles. The normalized spacial score (nSPS) is 13.5. The van der Waals surface area contributed by atoms with Gasteiger partial charge in [0, 0.05) is 54.9 Å². The number of nitrogens with one attached hydrogen (secondary N) is 1. The van der Waals surface area contributed by atoms with Crippen LogP contribution in [0.25, 0.3) is 11.3 Å². The Morgan fingerprint density at radius 3 is 2.38 bits per heavy atom. The summed E-state index contributed by atoms with van der Waals surface area (Å²) in [5.74, 6) is 7.61. The van der Waals surface area contributed by atoms with E-state index in [4.69, 9.17) is 15.5 Å². The minimum Gasteiger partial charge on any atom is -0.388 e. The smallest absolute Gasteiger partial charge is 0.219 e. The molecule has 1 aromatic carbocycles. The zero-order valence-electron chi connectivity index (χ0n) is 16.2. The molecule has 1 aliphatic rings. The van der Waals surface area contributed by atoms with Crippen LogP contribution in [-0.4, -0.2) is 48.3 Å². The van der Waals surface area contributed by atoms with Crippen LogP contribution in [-0.2, 0) is 4.74 Å². The van der Waals surface area contributed by atoms with Crippen molar-refractivity contribution in [2.75, 3.05) is 49.3 Å². The van der Waals surface area contributed by atoms with E-state index in [1.54, 1.807) is 12.4 Å². The Bertz CT molecular complexity index is 1030. The lowest BCUT2D eigenvalue weighted by Gasteiger charge is -2.28. The number of nitrogen functional groups attached to an aromatic ring is 1. The van der Waals surface area contributed by atoms with Gasteiger partial charge in [-0.05, 0) is 36.4 Å². The Hall–Kier alpha value is -3.63. The second-order valence-corrected chi connectivity index (χ2v) is 6.61. The molecule has 7 nitrogen and oxygen atoms in total. The summed E-state index contributed by atoms with van der Waals surface area (Å²) in [4.78, 5) is 15.2. The van der Waals surface area contributed by atoms with Gasteiger partial charge in [-0.2, -0.15) is 0 Å². The summed E-state index contributed by atoms with van der Waals surface area (Å²) in [5, 5.41) is 3.11. The average Bonchev–Trinajstić information content (AvgIpc) is 2.79. The molecular weight excluding hydrogens is 364 g/mol. The number of nitrogens with two attached hydrogens (primary N) is 1. The molecule has 7 heteroatoms. The Balaban J connectivity index is 1.70. The summed E-state index contributed by atoms with van der Waals surface area (Å²) >= 11 is 0. The number of anilines is 3. The average molecular weight is 386 g/mol. The van der Waals surface area contributed by atoms with Crippen LogP contribution in [0.4, 0.5) is 17.5 Å². The first-order chi connectivity index (χ1) is 14.2. The van der Waals surface area contributed by atoms with Crippen molar-refractivity contribution in [1.82, 2.24) is 15.0 Å². The SMILES string of the molecule is CNc1ccc(C#Cc2cc(-c3cnc(N)nc3)nc(N3CCOCC3)c2)cc1. The highest BCUT2D eigenvalue weighted by atomic mass is 16.5. The van der Waals surface area contributed by atoms with Crippen LogP contribution in [0.15, 0.2) is 48.8 Å². The fraction of sp³-hybridized carbons (Fsp3) is 0.227. The molecule has 2 aromatic heterocycles. The third-order valence-corrected chi connectivity index (χ3v) is 4.64. The maximum atomic E-state index is 5.62. The molecule has 1 fully saturated rings. The van der Waals surface area contributed by atoms with Gasteiger partial charge in [0.2, 0.25) is 5.95 Å². The van der Waals surface area contributed by atoms with Gasteiger partial charge in [0.05, 0.1) is 18.9 Å². The molecule has 0 radical (unpaired) electrons. The number of rotatable bonds is 3. The Labute approximate surface area is 170 Å². The second-order valence-electron chi connectivity index (χ2n) is 6.61. The number of hydrogen-bond donors (Lipinski definition) is 2. The van der Waals surface area contributed by atoms with Crippen molar-refractivity contribution >= 4 is 17.5 Å². The Morgan fingerprint density at radius 1 is 1.00 bits per heavy atom. The summed E-state index contributed by atoms with van der Waals surface area (Å²) < 4.78 is 5.47. The predicted octanol–water partition coefficient (Wildman–Crippen LogP) is 2.40. The molecule has 0 saturated carbocycles. The van der Waals surface area contributed by atoms with Crippen LogP contribution in [0.2, 0.25) is 0 Å². The van der Waals surface area contributed by atoms with Gasteiger partial charge in [-0.1, -0.05) is 11.8 Å². The van der Waals surface area contributed by atoms with Crippen LogP contribution in [0.1, 0.15) is 11.1 Å². The van der Waals surface area contributed by atoms with Gasteiger partial charge in [0.25, 0.3) is 0 Å². The van der Waals surface area contributed by atoms with Gasteiger partial charge < -0.3 is 20.7 Å². The van der Waals surface area contributed by atoms with E-state index in [9.17, 15) is 0 Å². The van der Waals surface area contributed by atoms with Crippen LogP contribution < -0.4 is 16.0 Å². The van der Waals surface area contributed by atoms with Gasteiger partial charge >= 0.3 is 0 Å². The number of pyridine rings is 1. The second kappa shape index (κ2) is 8.59. The molecule has 0 atom stereocenters. The molecule has 3 aromatic rings.